The highest BCUT2D eigenvalue weighted by molar-refractivity contribution is 14.1. The van der Waals surface area contributed by atoms with Crippen LogP contribution >= 0.6 is 34.2 Å². The van der Waals surface area contributed by atoms with Crippen molar-refractivity contribution < 1.29 is 8.78 Å². The minimum Gasteiger partial charge on any atom is -0.367 e. The Bertz CT molecular complexity index is 966. The van der Waals surface area contributed by atoms with Crippen molar-refractivity contribution in [3.05, 3.63) is 38.8 Å². The van der Waals surface area contributed by atoms with Gasteiger partial charge in [-0.15, -0.1) is 0 Å². The second kappa shape index (κ2) is 6.88. The van der Waals surface area contributed by atoms with E-state index in [1.165, 1.54) is 29.4 Å². The third-order valence-electron chi connectivity index (χ3n) is 4.86. The SMILES string of the molecule is C[C@@H](Nc1c(-c2c(F)cc(I)cc2F)c(Cl)nc2ncnn12)C1CCC1. The zero-order valence-corrected chi connectivity index (χ0v) is 16.7. The molecule has 5 nitrogen and oxygen atoms in total. The molecule has 0 unspecified atom stereocenters. The molecule has 1 atom stereocenters. The predicted octanol–water partition coefficient (Wildman–Crippen LogP) is 4.93. The molecule has 1 fully saturated rings. The predicted molar refractivity (Wildman–Crippen MR) is 104 cm³/mol. The van der Waals surface area contributed by atoms with Crippen LogP contribution in [0.5, 0.6) is 0 Å². The fourth-order valence-corrected chi connectivity index (χ4v) is 4.03. The van der Waals surface area contributed by atoms with Crippen molar-refractivity contribution in [3.63, 3.8) is 0 Å². The van der Waals surface area contributed by atoms with Gasteiger partial charge in [-0.1, -0.05) is 18.0 Å². The van der Waals surface area contributed by atoms with E-state index in [-0.39, 0.29) is 28.1 Å². The summed E-state index contributed by atoms with van der Waals surface area (Å²) in [4.78, 5) is 8.19. The van der Waals surface area contributed by atoms with Crippen molar-refractivity contribution in [3.8, 4) is 11.1 Å². The Morgan fingerprint density at radius 3 is 2.58 bits per heavy atom. The van der Waals surface area contributed by atoms with Crippen LogP contribution in [0, 0.1) is 21.1 Å². The van der Waals surface area contributed by atoms with Crippen molar-refractivity contribution >= 4 is 45.8 Å². The van der Waals surface area contributed by atoms with Gasteiger partial charge in [0.2, 0.25) is 0 Å². The van der Waals surface area contributed by atoms with E-state index in [9.17, 15) is 8.78 Å². The van der Waals surface area contributed by atoms with Crippen LogP contribution in [0.4, 0.5) is 14.6 Å². The Balaban J connectivity index is 1.93. The maximum Gasteiger partial charge on any atom is 0.255 e. The van der Waals surface area contributed by atoms with Crippen LogP contribution < -0.4 is 5.32 Å². The lowest BCUT2D eigenvalue weighted by Gasteiger charge is -2.33. The highest BCUT2D eigenvalue weighted by Gasteiger charge is 2.28. The molecule has 9 heteroatoms. The van der Waals surface area contributed by atoms with Crippen LogP contribution in [0.1, 0.15) is 26.2 Å². The molecule has 2 aromatic heterocycles. The van der Waals surface area contributed by atoms with Crippen LogP contribution in [0.25, 0.3) is 16.9 Å². The first kappa shape index (κ1) is 17.8. The molecule has 1 N–H and O–H groups in total. The molecule has 0 bridgehead atoms. The van der Waals surface area contributed by atoms with Gasteiger partial charge in [0.15, 0.2) is 0 Å². The third-order valence-corrected chi connectivity index (χ3v) is 5.76. The molecule has 0 radical (unpaired) electrons. The highest BCUT2D eigenvalue weighted by atomic mass is 127. The van der Waals surface area contributed by atoms with Gasteiger partial charge in [-0.25, -0.2) is 8.78 Å². The number of anilines is 1. The van der Waals surface area contributed by atoms with Crippen molar-refractivity contribution in [2.45, 2.75) is 32.2 Å². The first-order chi connectivity index (χ1) is 12.5. The molecule has 0 saturated heterocycles. The number of halogens is 4. The van der Waals surface area contributed by atoms with Gasteiger partial charge in [0.05, 0.1) is 11.1 Å². The lowest BCUT2D eigenvalue weighted by molar-refractivity contribution is 0.284. The molecule has 0 amide bonds. The molecule has 0 spiro atoms. The fourth-order valence-electron chi connectivity index (χ4n) is 3.23. The Hall–Kier alpha value is -1.55. The number of benzene rings is 1. The van der Waals surface area contributed by atoms with E-state index >= 15 is 0 Å². The fraction of sp³-hybridized carbons (Fsp3) is 0.353. The summed E-state index contributed by atoms with van der Waals surface area (Å²) in [6, 6.07) is 2.63. The monoisotopic (exact) mass is 489 g/mol. The molecule has 0 aliphatic heterocycles. The maximum absolute atomic E-state index is 14.7. The molecule has 26 heavy (non-hydrogen) atoms. The summed E-state index contributed by atoms with van der Waals surface area (Å²) in [6.45, 7) is 2.05. The average molecular weight is 490 g/mol. The Morgan fingerprint density at radius 1 is 1.27 bits per heavy atom. The van der Waals surface area contributed by atoms with Crippen LogP contribution in [-0.4, -0.2) is 25.6 Å². The minimum atomic E-state index is -0.697. The van der Waals surface area contributed by atoms with Crippen LogP contribution in [0.15, 0.2) is 18.5 Å². The molecule has 1 saturated carbocycles. The van der Waals surface area contributed by atoms with Crippen molar-refractivity contribution in [2.75, 3.05) is 5.32 Å². The topological polar surface area (TPSA) is 55.1 Å². The molecule has 1 aliphatic carbocycles. The molecule has 4 rings (SSSR count). The van der Waals surface area contributed by atoms with E-state index in [0.29, 0.717) is 15.3 Å². The third kappa shape index (κ3) is 3.02. The lowest BCUT2D eigenvalue weighted by Crippen LogP contribution is -2.32. The summed E-state index contributed by atoms with van der Waals surface area (Å²) in [5.41, 5.74) is -0.0640. The van der Waals surface area contributed by atoms with Crippen LogP contribution in [0.3, 0.4) is 0 Å². The van der Waals surface area contributed by atoms with Gasteiger partial charge >= 0.3 is 0 Å². The quantitative estimate of drug-likeness (QED) is 0.417. The van der Waals surface area contributed by atoms with Crippen LogP contribution in [0.2, 0.25) is 5.15 Å². The van der Waals surface area contributed by atoms with E-state index in [1.54, 1.807) is 0 Å². The average Bonchev–Trinajstić information content (AvgIpc) is 2.95. The van der Waals surface area contributed by atoms with Gasteiger partial charge in [-0.2, -0.15) is 19.6 Å². The summed E-state index contributed by atoms with van der Waals surface area (Å²) in [5, 5.41) is 7.48. The number of aromatic nitrogens is 4. The zero-order chi connectivity index (χ0) is 18.4. The van der Waals surface area contributed by atoms with Crippen molar-refractivity contribution in [1.82, 2.24) is 19.6 Å². The number of nitrogens with one attached hydrogen (secondary N) is 1. The smallest absolute Gasteiger partial charge is 0.255 e. The largest absolute Gasteiger partial charge is 0.367 e. The highest BCUT2D eigenvalue weighted by Crippen LogP contribution is 2.39. The molecule has 2 heterocycles. The number of fused-ring (bicyclic) bond motifs is 1. The molecule has 3 aromatic rings. The summed E-state index contributed by atoms with van der Waals surface area (Å²) in [7, 11) is 0. The second-order valence-corrected chi connectivity index (χ2v) is 8.07. The number of nitrogens with zero attached hydrogens (tertiary/aromatic N) is 4. The Morgan fingerprint density at radius 2 is 1.96 bits per heavy atom. The minimum absolute atomic E-state index is 0.0205. The van der Waals surface area contributed by atoms with E-state index in [4.69, 9.17) is 11.6 Å². The zero-order valence-electron chi connectivity index (χ0n) is 13.8. The van der Waals surface area contributed by atoms with Crippen molar-refractivity contribution in [2.24, 2.45) is 5.92 Å². The van der Waals surface area contributed by atoms with Gasteiger partial charge in [-0.05, 0) is 60.4 Å². The number of hydrogen-bond donors (Lipinski definition) is 1. The van der Waals surface area contributed by atoms with E-state index in [1.807, 2.05) is 29.5 Å². The maximum atomic E-state index is 14.7. The molecular weight excluding hydrogens is 475 g/mol. The van der Waals surface area contributed by atoms with E-state index < -0.39 is 11.6 Å². The van der Waals surface area contributed by atoms with Gasteiger partial charge in [0.1, 0.15) is 28.9 Å². The Kier molecular flexibility index (Phi) is 4.72. The van der Waals surface area contributed by atoms with Crippen LogP contribution in [-0.2, 0) is 0 Å². The van der Waals surface area contributed by atoms with E-state index in [2.05, 4.69) is 20.4 Å². The van der Waals surface area contributed by atoms with E-state index in [0.717, 1.165) is 12.8 Å². The first-order valence-electron chi connectivity index (χ1n) is 8.26. The molecule has 1 aliphatic rings. The number of hydrogen-bond acceptors (Lipinski definition) is 4. The lowest BCUT2D eigenvalue weighted by atomic mass is 9.80. The first-order valence-corrected chi connectivity index (χ1v) is 9.72. The standard InChI is InChI=1S/C17H15ClF2IN5/c1-8(9-3-2-4-9)24-16-14(13-11(19)5-10(21)6-12(13)20)15(18)25-17-22-7-23-26(16)17/h5-9,24H,2-4H2,1H3/t8-/m1/s1. The van der Waals surface area contributed by atoms with Gasteiger partial charge in [0, 0.05) is 9.61 Å². The molecule has 136 valence electrons. The number of rotatable bonds is 4. The molecular formula is C17H15ClF2IN5. The summed E-state index contributed by atoms with van der Waals surface area (Å²) < 4.78 is 31.2. The van der Waals surface area contributed by atoms with Gasteiger partial charge in [-0.3, -0.25) is 0 Å². The van der Waals surface area contributed by atoms with Gasteiger partial charge in [0.25, 0.3) is 5.78 Å². The van der Waals surface area contributed by atoms with Crippen molar-refractivity contribution in [1.29, 1.82) is 0 Å². The summed E-state index contributed by atoms with van der Waals surface area (Å²) in [5.74, 6) is -0.224. The molecule has 1 aromatic carbocycles. The normalized spacial score (nSPS) is 15.9. The van der Waals surface area contributed by atoms with Gasteiger partial charge < -0.3 is 5.32 Å². The summed E-state index contributed by atoms with van der Waals surface area (Å²) >= 11 is 8.19. The second-order valence-electron chi connectivity index (χ2n) is 6.47. The summed E-state index contributed by atoms with van der Waals surface area (Å²) in [6.07, 6.45) is 4.77. The Labute approximate surface area is 167 Å².